The van der Waals surface area contributed by atoms with Gasteiger partial charge in [-0.25, -0.2) is 9.37 Å². The number of aromatic nitrogens is 3. The summed E-state index contributed by atoms with van der Waals surface area (Å²) in [4.78, 5) is 4.13. The maximum atomic E-state index is 12.5. The molecule has 2 aromatic heterocycles. The maximum Gasteiger partial charge on any atom is 0.164 e. The zero-order valence-electron chi connectivity index (χ0n) is 10.6. The van der Waals surface area contributed by atoms with Gasteiger partial charge in [0.05, 0.1) is 16.9 Å². The number of hydrogen-bond acceptors (Lipinski definition) is 3. The predicted octanol–water partition coefficient (Wildman–Crippen LogP) is 4.57. The molecule has 0 spiro atoms. The minimum absolute atomic E-state index is 0. The van der Waals surface area contributed by atoms with Gasteiger partial charge >= 0.3 is 0 Å². The monoisotopic (exact) mass is 271 g/mol. The van der Waals surface area contributed by atoms with Gasteiger partial charge in [0.15, 0.2) is 5.82 Å². The first-order chi connectivity index (χ1) is 8.02. The summed E-state index contributed by atoms with van der Waals surface area (Å²) >= 11 is 1.72. The Morgan fingerprint density at radius 3 is 2.11 bits per heavy atom. The summed E-state index contributed by atoms with van der Waals surface area (Å²) in [6, 6.07) is 0. The molecule has 0 aliphatic heterocycles. The highest BCUT2D eigenvalue weighted by molar-refractivity contribution is 7.09. The Bertz CT molecular complexity index is 421. The van der Waals surface area contributed by atoms with Crippen molar-refractivity contribution in [1.82, 2.24) is 15.2 Å². The van der Waals surface area contributed by atoms with Crippen LogP contribution in [0.15, 0.2) is 17.8 Å². The molecule has 2 aromatic rings. The van der Waals surface area contributed by atoms with Crippen LogP contribution in [0.1, 0.15) is 57.7 Å². The lowest BCUT2D eigenvalue weighted by atomic mass is 10.1. The van der Waals surface area contributed by atoms with Crippen molar-refractivity contribution in [3.05, 3.63) is 34.3 Å². The molecule has 0 bridgehead atoms. The van der Waals surface area contributed by atoms with Crippen molar-refractivity contribution >= 4 is 11.3 Å². The van der Waals surface area contributed by atoms with Gasteiger partial charge in [0, 0.05) is 17.5 Å². The molecular formula is C13H22FN3S. The molecule has 0 aliphatic rings. The van der Waals surface area contributed by atoms with Gasteiger partial charge in [0.2, 0.25) is 0 Å². The van der Waals surface area contributed by atoms with Crippen molar-refractivity contribution < 1.29 is 4.39 Å². The second kappa shape index (κ2) is 7.97. The largest absolute Gasteiger partial charge is 0.279 e. The van der Waals surface area contributed by atoms with Gasteiger partial charge in [-0.3, -0.25) is 5.10 Å². The molecule has 2 rings (SSSR count). The van der Waals surface area contributed by atoms with Crippen molar-refractivity contribution in [3.63, 3.8) is 0 Å². The van der Waals surface area contributed by atoms with Crippen LogP contribution in [0.3, 0.4) is 0 Å². The van der Waals surface area contributed by atoms with E-state index in [0.717, 1.165) is 0 Å². The van der Waals surface area contributed by atoms with Crippen LogP contribution in [0.25, 0.3) is 0 Å². The van der Waals surface area contributed by atoms with Crippen molar-refractivity contribution in [3.8, 4) is 0 Å². The molecule has 5 heteroatoms. The van der Waals surface area contributed by atoms with E-state index in [-0.39, 0.29) is 19.2 Å². The van der Waals surface area contributed by atoms with Crippen LogP contribution in [0.4, 0.5) is 4.39 Å². The van der Waals surface area contributed by atoms with E-state index < -0.39 is 0 Å². The lowest BCUT2D eigenvalue weighted by molar-refractivity contribution is 0.597. The number of aromatic amines is 1. The molecule has 0 atom stereocenters. The number of rotatable bonds is 2. The zero-order valence-corrected chi connectivity index (χ0v) is 11.4. The molecule has 0 saturated heterocycles. The van der Waals surface area contributed by atoms with E-state index in [1.54, 1.807) is 11.3 Å². The Balaban J connectivity index is 0.000000306. The van der Waals surface area contributed by atoms with Crippen LogP contribution in [0.5, 0.6) is 0 Å². The second-order valence-electron chi connectivity index (χ2n) is 4.31. The molecule has 1 N–H and O–H groups in total. The van der Waals surface area contributed by atoms with Crippen molar-refractivity contribution in [2.24, 2.45) is 0 Å². The molecule has 0 amide bonds. The third kappa shape index (κ3) is 4.96. The molecule has 102 valence electrons. The molecular weight excluding hydrogens is 249 g/mol. The smallest absolute Gasteiger partial charge is 0.164 e. The van der Waals surface area contributed by atoms with Gasteiger partial charge < -0.3 is 0 Å². The van der Waals surface area contributed by atoms with E-state index in [0.29, 0.717) is 11.6 Å². The average molecular weight is 271 g/mol. The third-order valence-electron chi connectivity index (χ3n) is 2.14. The van der Waals surface area contributed by atoms with Gasteiger partial charge in [0.25, 0.3) is 0 Å². The molecule has 0 unspecified atom stereocenters. The number of nitrogens with zero attached hydrogens (tertiary/aromatic N) is 2. The fourth-order valence-electron chi connectivity index (χ4n) is 1.21. The van der Waals surface area contributed by atoms with Crippen LogP contribution in [-0.2, 0) is 0 Å². The Labute approximate surface area is 112 Å². The fourth-order valence-corrected chi connectivity index (χ4v) is 1.86. The molecule has 18 heavy (non-hydrogen) atoms. The first kappa shape index (κ1) is 16.8. The lowest BCUT2D eigenvalue weighted by Crippen LogP contribution is -1.89. The lowest BCUT2D eigenvalue weighted by Gasteiger charge is -1.97. The molecule has 0 aliphatic carbocycles. The Morgan fingerprint density at radius 1 is 1.22 bits per heavy atom. The summed E-state index contributed by atoms with van der Waals surface area (Å²) in [6.45, 7) is 8.13. The standard InChI is InChI=1S/C6H9FN2.C6H9NS.CH4/c1-4(2)6-5(7)3-8-9-6;1-5(2)6-7-3-4-8-6;/h3-4H,1-2H3,(H,8,9);3-5H,1-2H3;1H4. The third-order valence-corrected chi connectivity index (χ3v) is 3.22. The van der Waals surface area contributed by atoms with Crippen LogP contribution in [-0.4, -0.2) is 15.2 Å². The van der Waals surface area contributed by atoms with Crippen molar-refractivity contribution in [1.29, 1.82) is 0 Å². The molecule has 2 heterocycles. The number of nitrogens with one attached hydrogen (secondary N) is 1. The second-order valence-corrected chi connectivity index (χ2v) is 5.24. The van der Waals surface area contributed by atoms with E-state index >= 15 is 0 Å². The highest BCUT2D eigenvalue weighted by Crippen LogP contribution is 2.15. The average Bonchev–Trinajstić information content (AvgIpc) is 2.87. The van der Waals surface area contributed by atoms with Gasteiger partial charge in [-0.2, -0.15) is 5.10 Å². The van der Waals surface area contributed by atoms with Crippen molar-refractivity contribution in [2.75, 3.05) is 0 Å². The van der Waals surface area contributed by atoms with E-state index in [9.17, 15) is 4.39 Å². The van der Waals surface area contributed by atoms with Gasteiger partial charge in [-0.15, -0.1) is 11.3 Å². The quantitative estimate of drug-likeness (QED) is 0.869. The van der Waals surface area contributed by atoms with Gasteiger partial charge in [-0.1, -0.05) is 35.1 Å². The summed E-state index contributed by atoms with van der Waals surface area (Å²) in [5, 5.41) is 9.36. The normalized spacial score (nSPS) is 9.94. The highest BCUT2D eigenvalue weighted by atomic mass is 32.1. The Kier molecular flexibility index (Phi) is 7.43. The summed E-state index contributed by atoms with van der Waals surface area (Å²) in [7, 11) is 0. The van der Waals surface area contributed by atoms with E-state index in [1.807, 2.05) is 25.4 Å². The Hall–Kier alpha value is -1.23. The van der Waals surface area contributed by atoms with E-state index in [1.165, 1.54) is 11.2 Å². The Morgan fingerprint density at radius 2 is 1.89 bits per heavy atom. The maximum absolute atomic E-state index is 12.5. The predicted molar refractivity (Wildman–Crippen MR) is 75.6 cm³/mol. The van der Waals surface area contributed by atoms with Crippen molar-refractivity contribution in [2.45, 2.75) is 47.0 Å². The number of hydrogen-bond donors (Lipinski definition) is 1. The number of thiazole rings is 1. The summed E-state index contributed by atoms with van der Waals surface area (Å²) in [5.74, 6) is 0.535. The molecule has 0 fully saturated rings. The SMILES string of the molecule is C.CC(C)c1[nH]ncc1F.CC(C)c1nccs1. The van der Waals surface area contributed by atoms with Crippen LogP contribution < -0.4 is 0 Å². The number of halogens is 1. The summed E-state index contributed by atoms with van der Waals surface area (Å²) in [5.41, 5.74) is 0.579. The molecule has 3 nitrogen and oxygen atoms in total. The molecule has 0 radical (unpaired) electrons. The zero-order chi connectivity index (χ0) is 12.8. The van der Waals surface area contributed by atoms with Gasteiger partial charge in [-0.05, 0) is 5.92 Å². The molecule has 0 aromatic carbocycles. The summed E-state index contributed by atoms with van der Waals surface area (Å²) < 4.78 is 12.5. The van der Waals surface area contributed by atoms with Gasteiger partial charge in [0.1, 0.15) is 0 Å². The minimum Gasteiger partial charge on any atom is -0.279 e. The van der Waals surface area contributed by atoms with Crippen LogP contribution in [0, 0.1) is 5.82 Å². The summed E-state index contributed by atoms with van der Waals surface area (Å²) in [6.07, 6.45) is 3.04. The first-order valence-electron chi connectivity index (χ1n) is 5.60. The van der Waals surface area contributed by atoms with Crippen LogP contribution in [0.2, 0.25) is 0 Å². The van der Waals surface area contributed by atoms with E-state index in [4.69, 9.17) is 0 Å². The number of H-pyrrole nitrogens is 1. The highest BCUT2D eigenvalue weighted by Gasteiger charge is 2.06. The fraction of sp³-hybridized carbons (Fsp3) is 0.538. The van der Waals surface area contributed by atoms with Crippen LogP contribution >= 0.6 is 11.3 Å². The molecule has 0 saturated carbocycles. The topological polar surface area (TPSA) is 41.6 Å². The minimum atomic E-state index is -0.245. The first-order valence-corrected chi connectivity index (χ1v) is 6.48. The van der Waals surface area contributed by atoms with E-state index in [2.05, 4.69) is 29.0 Å².